The van der Waals surface area contributed by atoms with Crippen molar-refractivity contribution in [3.63, 3.8) is 0 Å². The molecule has 0 N–H and O–H groups in total. The molecule has 7 nitrogen and oxygen atoms in total. The molecule has 1 aliphatic rings. The minimum Gasteiger partial charge on any atom is -0.270 e. The van der Waals surface area contributed by atoms with Crippen LogP contribution in [0.3, 0.4) is 0 Å². The van der Waals surface area contributed by atoms with Crippen LogP contribution in [0.2, 0.25) is 25.2 Å². The average molecular weight is 448 g/mol. The lowest BCUT2D eigenvalue weighted by Crippen LogP contribution is -2.27. The van der Waals surface area contributed by atoms with Gasteiger partial charge in [-0.3, -0.25) is 4.99 Å². The summed E-state index contributed by atoms with van der Waals surface area (Å²) in [5.41, 5.74) is 0.403. The Balaban J connectivity index is 2.93. The maximum Gasteiger partial charge on any atom is 0.269 e. The van der Waals surface area contributed by atoms with Gasteiger partial charge in [-0.2, -0.15) is 10.5 Å². The van der Waals surface area contributed by atoms with Crippen molar-refractivity contribution >= 4 is 30.8 Å². The Labute approximate surface area is 194 Å². The molecule has 0 spiro atoms. The van der Waals surface area contributed by atoms with E-state index in [-0.39, 0.29) is 50.3 Å². The highest BCUT2D eigenvalue weighted by atomic mass is 28.3. The van der Waals surface area contributed by atoms with Crippen molar-refractivity contribution in [1.82, 2.24) is 0 Å². The number of rotatable bonds is 4. The molecule has 2 unspecified atom stereocenters. The van der Waals surface area contributed by atoms with Crippen LogP contribution in [0.4, 0.5) is 0 Å². The summed E-state index contributed by atoms with van der Waals surface area (Å²) in [6, 6.07) is 10.3. The van der Waals surface area contributed by atoms with E-state index >= 15 is 0 Å². The van der Waals surface area contributed by atoms with Gasteiger partial charge < -0.3 is 0 Å². The van der Waals surface area contributed by atoms with Crippen molar-refractivity contribution in [2.75, 3.05) is 0 Å². The van der Waals surface area contributed by atoms with Gasteiger partial charge in [0.05, 0.1) is 43.0 Å². The van der Waals surface area contributed by atoms with Crippen molar-refractivity contribution in [2.24, 2.45) is 4.99 Å². The molecule has 0 aromatic heterocycles. The zero-order valence-corrected chi connectivity index (χ0v) is 19.8. The fourth-order valence-corrected chi connectivity index (χ4v) is 6.00. The fourth-order valence-electron chi connectivity index (χ4n) is 3.99. The van der Waals surface area contributed by atoms with Gasteiger partial charge in [0.25, 0.3) is 11.4 Å². The summed E-state index contributed by atoms with van der Waals surface area (Å²) in [7, 11) is -1.36. The van der Waals surface area contributed by atoms with Gasteiger partial charge in [0.15, 0.2) is 0 Å². The van der Waals surface area contributed by atoms with E-state index in [2.05, 4.69) is 47.0 Å². The van der Waals surface area contributed by atoms with Crippen LogP contribution >= 0.6 is 0 Å². The molecule has 1 aromatic rings. The molecule has 160 valence electrons. The smallest absolute Gasteiger partial charge is 0.269 e. The van der Waals surface area contributed by atoms with Crippen LogP contribution < -0.4 is 10.4 Å². The Bertz CT molecular complexity index is 1380. The lowest BCUT2D eigenvalue weighted by atomic mass is 9.96. The number of hydrogen-bond donors (Lipinski definition) is 0. The lowest BCUT2D eigenvalue weighted by Gasteiger charge is -2.24. The van der Waals surface area contributed by atoms with E-state index in [1.54, 1.807) is 6.07 Å². The number of benzene rings is 1. The maximum absolute atomic E-state index is 9.94. The maximum atomic E-state index is 9.94. The summed E-state index contributed by atoms with van der Waals surface area (Å²) in [5, 5.41) is 38.5. The van der Waals surface area contributed by atoms with Gasteiger partial charge in [-0.15, -0.1) is 0 Å². The Kier molecular flexibility index (Phi) is 7.68. The van der Waals surface area contributed by atoms with Crippen molar-refractivity contribution in [2.45, 2.75) is 50.5 Å². The predicted octanol–water partition coefficient (Wildman–Crippen LogP) is 3.90. The molecule has 33 heavy (non-hydrogen) atoms. The number of aliphatic imine (C=N–C) groups is 1. The lowest BCUT2D eigenvalue weighted by molar-refractivity contribution is 0.705. The van der Waals surface area contributed by atoms with Crippen molar-refractivity contribution < 1.29 is 0 Å². The van der Waals surface area contributed by atoms with Crippen LogP contribution in [0.15, 0.2) is 23.7 Å². The number of hydrogen-bond acceptors (Lipinski definition) is 5. The predicted molar refractivity (Wildman–Crippen MR) is 128 cm³/mol. The van der Waals surface area contributed by atoms with E-state index in [1.165, 1.54) is 12.1 Å². The van der Waals surface area contributed by atoms with E-state index in [0.717, 1.165) is 19.3 Å². The zero-order valence-electron chi connectivity index (χ0n) is 18.8. The Morgan fingerprint density at radius 3 is 1.91 bits per heavy atom. The second-order valence-electron chi connectivity index (χ2n) is 8.80. The van der Waals surface area contributed by atoms with Crippen molar-refractivity contribution in [1.29, 1.82) is 21.0 Å². The second kappa shape index (κ2) is 10.2. The molecule has 0 heterocycles. The first-order chi connectivity index (χ1) is 15.6. The minimum atomic E-state index is -1.36. The van der Waals surface area contributed by atoms with Crippen LogP contribution in [-0.4, -0.2) is 19.8 Å². The van der Waals surface area contributed by atoms with Gasteiger partial charge in [-0.1, -0.05) is 44.8 Å². The molecule has 2 atom stereocenters. The summed E-state index contributed by atoms with van der Waals surface area (Å²) in [5.74, 6) is 0. The third-order valence-corrected chi connectivity index (χ3v) is 8.84. The molecule has 0 aliphatic heterocycles. The number of nitriles is 4. The van der Waals surface area contributed by atoms with Gasteiger partial charge in [0.2, 0.25) is 0 Å². The number of allylic oxidation sites excluding steroid dienone is 1. The topological polar surface area (TPSA) is 116 Å². The fraction of sp³-hybridized carbons (Fsp3) is 0.320. The summed E-state index contributed by atoms with van der Waals surface area (Å²) in [6.45, 7) is 25.3. The normalized spacial score (nSPS) is 19.5. The van der Waals surface area contributed by atoms with Crippen LogP contribution in [0.5, 0.6) is 0 Å². The van der Waals surface area contributed by atoms with Gasteiger partial charge in [0.1, 0.15) is 11.8 Å². The van der Waals surface area contributed by atoms with E-state index in [4.69, 9.17) is 13.1 Å². The summed E-state index contributed by atoms with van der Waals surface area (Å²) in [4.78, 5) is 11.2. The standard InChI is InChI=1S/C25H21N7Si/c1-16(12-26)19-10-21(24(14-28)31-3)22(11-20(19)23(13-27)30-2)25(15-29)32-17-7-8-18(9-17)33(4,5)6/h10-11,17-18H,1,7-9H2,4-6H3/b23-20-,24-21+,32-25?. The monoisotopic (exact) mass is 447 g/mol. The molecule has 0 bridgehead atoms. The van der Waals surface area contributed by atoms with Crippen molar-refractivity contribution in [3.8, 4) is 24.3 Å². The highest BCUT2D eigenvalue weighted by molar-refractivity contribution is 6.77. The summed E-state index contributed by atoms with van der Waals surface area (Å²) >= 11 is 0. The number of nitrogens with zero attached hydrogens (tertiary/aromatic N) is 7. The third kappa shape index (κ3) is 5.24. The van der Waals surface area contributed by atoms with E-state index in [1.807, 2.05) is 12.1 Å². The van der Waals surface area contributed by atoms with Crippen molar-refractivity contribution in [3.05, 3.63) is 63.1 Å². The quantitative estimate of drug-likeness (QED) is 0.301. The summed E-state index contributed by atoms with van der Waals surface area (Å²) < 4.78 is 0. The molecule has 1 aliphatic carbocycles. The highest BCUT2D eigenvalue weighted by Crippen LogP contribution is 2.40. The molecule has 0 amide bonds. The SMILES string of the molecule is [C-]#[N+]/C(C#N)=c1/cc(C(C#N)=NC2CCC([Si](C)(C)C)C2)/c(=C(\C#N)[N+]#[C-])cc1C(=C)C#N. The molecule has 0 saturated heterocycles. The molecule has 8 heteroatoms. The van der Waals surface area contributed by atoms with Gasteiger partial charge in [0, 0.05) is 24.1 Å². The first kappa shape index (κ1) is 24.8. The minimum absolute atomic E-state index is 0.0271. The van der Waals surface area contributed by atoms with E-state index in [0.29, 0.717) is 5.54 Å². The molecular weight excluding hydrogens is 426 g/mol. The Hall–Kier alpha value is -4.47. The van der Waals surface area contributed by atoms with Crippen LogP contribution in [0.1, 0.15) is 30.4 Å². The Morgan fingerprint density at radius 1 is 0.939 bits per heavy atom. The summed E-state index contributed by atoms with van der Waals surface area (Å²) in [6.07, 6.45) is 2.77. The molecule has 1 aromatic carbocycles. The zero-order chi connectivity index (χ0) is 24.8. The van der Waals surface area contributed by atoms with Crippen LogP contribution in [0, 0.1) is 58.5 Å². The Morgan fingerprint density at radius 2 is 1.48 bits per heavy atom. The van der Waals surface area contributed by atoms with Crippen LogP contribution in [-0.2, 0) is 0 Å². The molecule has 2 rings (SSSR count). The highest BCUT2D eigenvalue weighted by Gasteiger charge is 2.34. The molecule has 1 saturated carbocycles. The van der Waals surface area contributed by atoms with Gasteiger partial charge >= 0.3 is 0 Å². The van der Waals surface area contributed by atoms with E-state index in [9.17, 15) is 21.0 Å². The molecule has 0 radical (unpaired) electrons. The second-order valence-corrected chi connectivity index (χ2v) is 14.3. The van der Waals surface area contributed by atoms with Crippen LogP contribution in [0.25, 0.3) is 26.7 Å². The van der Waals surface area contributed by atoms with Gasteiger partial charge in [-0.25, -0.2) is 20.2 Å². The first-order valence-electron chi connectivity index (χ1n) is 10.2. The first-order valence-corrected chi connectivity index (χ1v) is 13.8. The average Bonchev–Trinajstić information content (AvgIpc) is 3.28. The van der Waals surface area contributed by atoms with E-state index < -0.39 is 8.07 Å². The van der Waals surface area contributed by atoms with Gasteiger partial charge in [-0.05, 0) is 23.9 Å². The largest absolute Gasteiger partial charge is 0.270 e. The molecule has 1 fully saturated rings. The molecular formula is C25H21N7Si. The third-order valence-electron chi connectivity index (χ3n) is 5.87.